The molecule has 1 rings (SSSR count). The van der Waals surface area contributed by atoms with Gasteiger partial charge in [0.1, 0.15) is 12.1 Å². The van der Waals surface area contributed by atoms with Crippen molar-refractivity contribution < 1.29 is 19.1 Å². The minimum atomic E-state index is -0.740. The van der Waals surface area contributed by atoms with Crippen molar-refractivity contribution in [2.75, 3.05) is 6.61 Å². The summed E-state index contributed by atoms with van der Waals surface area (Å²) < 4.78 is 4.43. The number of nitrogens with one attached hydrogen (secondary N) is 1. The summed E-state index contributed by atoms with van der Waals surface area (Å²) in [5.74, 6) is -0.822. The molecule has 0 aliphatic carbocycles. The molecule has 1 N–H and O–H groups in total. The molecule has 0 aromatic rings. The van der Waals surface area contributed by atoms with E-state index < -0.39 is 27.7 Å². The van der Waals surface area contributed by atoms with E-state index in [-0.39, 0.29) is 12.5 Å². The third-order valence-corrected chi connectivity index (χ3v) is 4.89. The third-order valence-electron chi connectivity index (χ3n) is 3.43. The molecule has 0 bridgehead atoms. The van der Waals surface area contributed by atoms with Crippen LogP contribution >= 0.6 is 11.8 Å². The third kappa shape index (κ3) is 3.70. The predicted octanol–water partition coefficient (Wildman–Crippen LogP) is 1.14. The maximum Gasteiger partial charge on any atom is 0.328 e. The molecule has 6 nitrogen and oxygen atoms in total. The van der Waals surface area contributed by atoms with E-state index in [9.17, 15) is 14.4 Å². The van der Waals surface area contributed by atoms with Crippen LogP contribution in [0.4, 0.5) is 0 Å². The number of hydrogen-bond acceptors (Lipinski definition) is 5. The Bertz CT molecular complexity index is 437. The number of esters is 1. The average Bonchev–Trinajstić information content (AvgIpc) is 2.52. The highest BCUT2D eigenvalue weighted by molar-refractivity contribution is 8.02. The normalized spacial score (nSPS) is 24.3. The predicted molar refractivity (Wildman–Crippen MR) is 81.7 cm³/mol. The molecule has 1 fully saturated rings. The number of amides is 2. The van der Waals surface area contributed by atoms with Gasteiger partial charge in [-0.1, -0.05) is 0 Å². The van der Waals surface area contributed by atoms with E-state index in [1.165, 1.54) is 4.90 Å². The monoisotopic (exact) mass is 316 g/mol. The van der Waals surface area contributed by atoms with Crippen molar-refractivity contribution in [3.8, 4) is 0 Å². The highest BCUT2D eigenvalue weighted by Crippen LogP contribution is 2.50. The second-order valence-electron chi connectivity index (χ2n) is 6.05. The van der Waals surface area contributed by atoms with Gasteiger partial charge in [-0.3, -0.25) is 9.59 Å². The van der Waals surface area contributed by atoms with Crippen molar-refractivity contribution in [3.05, 3.63) is 0 Å². The molecule has 1 heterocycles. The Kier molecular flexibility index (Phi) is 5.30. The zero-order valence-electron chi connectivity index (χ0n) is 13.4. The van der Waals surface area contributed by atoms with E-state index in [4.69, 9.17) is 4.74 Å². The molecule has 0 unspecified atom stereocenters. The molecule has 1 saturated heterocycles. The Balaban J connectivity index is 2.89. The Hall–Kier alpha value is -1.24. The van der Waals surface area contributed by atoms with Crippen LogP contribution in [0.25, 0.3) is 0 Å². The van der Waals surface area contributed by atoms with Crippen LogP contribution in [-0.2, 0) is 19.1 Å². The van der Waals surface area contributed by atoms with Crippen LogP contribution in [0.1, 0.15) is 41.5 Å². The van der Waals surface area contributed by atoms with Gasteiger partial charge < -0.3 is 15.0 Å². The number of thioether (sulfide) groups is 1. The van der Waals surface area contributed by atoms with Crippen LogP contribution in [0.2, 0.25) is 0 Å². The molecule has 21 heavy (non-hydrogen) atoms. The Morgan fingerprint density at radius 3 is 2.43 bits per heavy atom. The van der Waals surface area contributed by atoms with E-state index in [2.05, 4.69) is 5.32 Å². The summed E-state index contributed by atoms with van der Waals surface area (Å²) in [4.78, 5) is 36.5. The molecule has 0 spiro atoms. The van der Waals surface area contributed by atoms with Gasteiger partial charge in [-0.05, 0) is 41.5 Å². The van der Waals surface area contributed by atoms with Crippen LogP contribution in [0.3, 0.4) is 0 Å². The fourth-order valence-electron chi connectivity index (χ4n) is 2.65. The van der Waals surface area contributed by atoms with Gasteiger partial charge in [0.15, 0.2) is 0 Å². The summed E-state index contributed by atoms with van der Waals surface area (Å²) in [6.45, 7) is 11.2. The SMILES string of the molecule is CCOC(=O)[C@H](C)NC(=O)[C@@H]1N(C=O)C(C)(C)SC1(C)C. The van der Waals surface area contributed by atoms with Gasteiger partial charge in [-0.25, -0.2) is 4.79 Å². The van der Waals surface area contributed by atoms with Gasteiger partial charge in [-0.15, -0.1) is 11.8 Å². The quantitative estimate of drug-likeness (QED) is 0.608. The summed E-state index contributed by atoms with van der Waals surface area (Å²) in [6, 6.07) is -1.37. The van der Waals surface area contributed by atoms with Crippen molar-refractivity contribution >= 4 is 30.0 Å². The number of ether oxygens (including phenoxy) is 1. The maximum atomic E-state index is 12.5. The molecule has 0 aromatic heterocycles. The number of rotatable bonds is 5. The van der Waals surface area contributed by atoms with E-state index in [1.807, 2.05) is 27.7 Å². The zero-order valence-corrected chi connectivity index (χ0v) is 14.2. The van der Waals surface area contributed by atoms with Crippen molar-refractivity contribution in [2.24, 2.45) is 0 Å². The molecule has 0 aromatic carbocycles. The summed E-state index contributed by atoms with van der Waals surface area (Å²) in [5.41, 5.74) is 0. The summed E-state index contributed by atoms with van der Waals surface area (Å²) in [5, 5.41) is 2.64. The molecule has 1 aliphatic heterocycles. The molecule has 1 aliphatic rings. The number of nitrogens with zero attached hydrogens (tertiary/aromatic N) is 1. The fourth-order valence-corrected chi connectivity index (χ4v) is 4.52. The van der Waals surface area contributed by atoms with Crippen LogP contribution < -0.4 is 5.32 Å². The molecule has 120 valence electrons. The first-order chi connectivity index (χ1) is 9.56. The Morgan fingerprint density at radius 2 is 1.95 bits per heavy atom. The van der Waals surface area contributed by atoms with Crippen molar-refractivity contribution in [2.45, 2.75) is 63.2 Å². The molecule has 0 saturated carbocycles. The Morgan fingerprint density at radius 1 is 1.38 bits per heavy atom. The minimum absolute atomic E-state index is 0.261. The molecule has 2 atom stereocenters. The largest absolute Gasteiger partial charge is 0.464 e. The Labute approximate surface area is 130 Å². The van der Waals surface area contributed by atoms with E-state index in [0.717, 1.165) is 0 Å². The van der Waals surface area contributed by atoms with Gasteiger partial charge in [0.05, 0.1) is 11.5 Å². The van der Waals surface area contributed by atoms with Crippen LogP contribution in [0, 0.1) is 0 Å². The lowest BCUT2D eigenvalue weighted by Crippen LogP contribution is -2.56. The highest BCUT2D eigenvalue weighted by Gasteiger charge is 2.54. The first kappa shape index (κ1) is 17.8. The first-order valence-electron chi connectivity index (χ1n) is 6.97. The number of carbonyl (C=O) groups is 3. The van der Waals surface area contributed by atoms with Gasteiger partial charge in [0.2, 0.25) is 12.3 Å². The van der Waals surface area contributed by atoms with Gasteiger partial charge in [-0.2, -0.15) is 0 Å². The molecule has 2 amide bonds. The van der Waals surface area contributed by atoms with Gasteiger partial charge in [0, 0.05) is 4.75 Å². The van der Waals surface area contributed by atoms with Gasteiger partial charge in [0.25, 0.3) is 0 Å². The van der Waals surface area contributed by atoms with E-state index >= 15 is 0 Å². The summed E-state index contributed by atoms with van der Waals surface area (Å²) in [6.07, 6.45) is 0.695. The standard InChI is InChI=1S/C14H24N2O4S/c1-7-20-12(19)9(2)15-11(18)10-13(3,4)21-14(5,6)16(10)8-17/h8-10H,7H2,1-6H3,(H,15,18)/t9-,10-/m0/s1. The van der Waals surface area contributed by atoms with Crippen LogP contribution in [0.15, 0.2) is 0 Å². The maximum absolute atomic E-state index is 12.5. The first-order valence-corrected chi connectivity index (χ1v) is 7.79. The molecular formula is C14H24N2O4S. The summed E-state index contributed by atoms with van der Waals surface area (Å²) >= 11 is 1.56. The fraction of sp³-hybridized carbons (Fsp3) is 0.786. The van der Waals surface area contributed by atoms with Gasteiger partial charge >= 0.3 is 5.97 Å². The van der Waals surface area contributed by atoms with Crippen molar-refractivity contribution in [1.29, 1.82) is 0 Å². The minimum Gasteiger partial charge on any atom is -0.464 e. The van der Waals surface area contributed by atoms with Crippen LogP contribution in [-0.4, -0.2) is 51.5 Å². The lowest BCUT2D eigenvalue weighted by molar-refractivity contribution is -0.147. The number of carbonyl (C=O) groups excluding carboxylic acids is 3. The second-order valence-corrected chi connectivity index (χ2v) is 8.31. The lowest BCUT2D eigenvalue weighted by atomic mass is 10.00. The molecule has 7 heteroatoms. The van der Waals surface area contributed by atoms with E-state index in [0.29, 0.717) is 6.41 Å². The lowest BCUT2D eigenvalue weighted by Gasteiger charge is -2.32. The second kappa shape index (κ2) is 6.25. The smallest absolute Gasteiger partial charge is 0.328 e. The van der Waals surface area contributed by atoms with Crippen molar-refractivity contribution in [3.63, 3.8) is 0 Å². The molecular weight excluding hydrogens is 292 g/mol. The van der Waals surface area contributed by atoms with Crippen molar-refractivity contribution in [1.82, 2.24) is 10.2 Å². The summed E-state index contributed by atoms with van der Waals surface area (Å²) in [7, 11) is 0. The topological polar surface area (TPSA) is 75.7 Å². The zero-order chi connectivity index (χ0) is 16.4. The average molecular weight is 316 g/mol. The molecule has 0 radical (unpaired) electrons. The van der Waals surface area contributed by atoms with E-state index in [1.54, 1.807) is 25.6 Å². The highest BCUT2D eigenvalue weighted by atomic mass is 32.2. The van der Waals surface area contributed by atoms with Crippen LogP contribution in [0.5, 0.6) is 0 Å². The number of hydrogen-bond donors (Lipinski definition) is 1.